The third-order valence-corrected chi connectivity index (χ3v) is 11.1. The van der Waals surface area contributed by atoms with Crippen LogP contribution >= 0.6 is 0 Å². The maximum absolute atomic E-state index is 14.2. The zero-order valence-electron chi connectivity index (χ0n) is 36.9. The van der Waals surface area contributed by atoms with Crippen LogP contribution in [-0.2, 0) is 62.5 Å². The number of alkyl halides is 24. The van der Waals surface area contributed by atoms with Crippen molar-refractivity contribution < 1.29 is 115 Å². The quantitative estimate of drug-likeness (QED) is 0.0270. The summed E-state index contributed by atoms with van der Waals surface area (Å²) in [6.07, 6.45) is -51.2. The molecule has 30 heteroatoms. The van der Waals surface area contributed by atoms with Gasteiger partial charge in [0.1, 0.15) is 6.15 Å². The number of carbonyl (C=O) groups is 1. The van der Waals surface area contributed by atoms with Crippen molar-refractivity contribution in [2.45, 2.75) is 62.5 Å². The highest BCUT2D eigenvalue weighted by Gasteiger charge is 2.47. The Morgan fingerprint density at radius 3 is 0.882 bits per heavy atom. The second-order valence-corrected chi connectivity index (χ2v) is 16.3. The highest BCUT2D eigenvalue weighted by atomic mass is 19.4. The van der Waals surface area contributed by atoms with Crippen LogP contribution in [0.25, 0.3) is 10.4 Å². The average molecular weight is 1120 g/mol. The van der Waals surface area contributed by atoms with Gasteiger partial charge in [0.2, 0.25) is 12.3 Å². The minimum Gasteiger partial charge on any atom is -0.287 e. The van der Waals surface area contributed by atoms with Crippen LogP contribution in [0.3, 0.4) is 0 Å². The molecule has 5 nitrogen and oxygen atoms in total. The first-order valence-corrected chi connectivity index (χ1v) is 20.5. The molecule has 0 atom stereocenters. The number of pyridine rings is 1. The summed E-state index contributed by atoms with van der Waals surface area (Å²) < 4.78 is 343. The van der Waals surface area contributed by atoms with E-state index in [1.165, 1.54) is 0 Å². The minimum atomic E-state index is -6.13. The number of ketones is 1. The number of hydrogen-bond acceptors (Lipinski definition) is 2. The van der Waals surface area contributed by atoms with Crippen LogP contribution in [0, 0.1) is 0 Å². The molecule has 0 unspecified atom stereocenters. The first-order chi connectivity index (χ1) is 34.6. The van der Waals surface area contributed by atoms with E-state index in [4.69, 9.17) is 5.53 Å². The molecule has 0 radical (unpaired) electrons. The van der Waals surface area contributed by atoms with Gasteiger partial charge in [-0.25, -0.2) is 0 Å². The fraction of sp³-hybridized carbons (Fsp3) is 0.217. The Labute approximate surface area is 409 Å². The van der Waals surface area contributed by atoms with Gasteiger partial charge in [-0.05, 0) is 35.4 Å². The lowest BCUT2D eigenvalue weighted by Crippen LogP contribution is -2.75. The van der Waals surface area contributed by atoms with Crippen molar-refractivity contribution in [3.8, 4) is 0 Å². The van der Waals surface area contributed by atoms with Gasteiger partial charge in [0.05, 0.1) is 51.1 Å². The highest BCUT2D eigenvalue weighted by molar-refractivity contribution is 7.20. The molecular formula is C46H25BF24N4O. The van der Waals surface area contributed by atoms with E-state index in [0.717, 1.165) is 5.56 Å². The molecule has 0 bridgehead atoms. The van der Waals surface area contributed by atoms with E-state index < -0.39 is 195 Å². The van der Waals surface area contributed by atoms with Gasteiger partial charge in [0.25, 0.3) is 0 Å². The van der Waals surface area contributed by atoms with Crippen LogP contribution in [0.1, 0.15) is 60.4 Å². The summed E-state index contributed by atoms with van der Waals surface area (Å²) in [7, 11) is 0. The Hall–Kier alpha value is -7.39. The average Bonchev–Trinajstić information content (AvgIpc) is 3.29. The summed E-state index contributed by atoms with van der Waals surface area (Å²) in [6, 6.07) is 4.06. The molecule has 0 aliphatic carbocycles. The Kier molecular flexibility index (Phi) is 16.4. The molecule has 5 aromatic carbocycles. The van der Waals surface area contributed by atoms with Gasteiger partial charge >= 0.3 is 49.4 Å². The molecule has 1 heterocycles. The number of benzene rings is 5. The number of carbonyl (C=O) groups excluding carboxylic acids is 1. The molecule has 0 amide bonds. The molecule has 0 saturated carbocycles. The smallest absolute Gasteiger partial charge is 0.287 e. The van der Waals surface area contributed by atoms with Crippen LogP contribution in [-0.4, -0.2) is 11.9 Å². The molecular weight excluding hydrogens is 1090 g/mol. The summed E-state index contributed by atoms with van der Waals surface area (Å²) in [6.45, 7) is 0.621. The third-order valence-electron chi connectivity index (χ3n) is 11.1. The van der Waals surface area contributed by atoms with Gasteiger partial charge in [-0.3, -0.25) is 4.79 Å². The maximum atomic E-state index is 14.2. The fourth-order valence-electron chi connectivity index (χ4n) is 7.76. The fourth-order valence-corrected chi connectivity index (χ4v) is 7.76. The summed E-state index contributed by atoms with van der Waals surface area (Å²) in [5.41, 5.74) is -20.3. The van der Waals surface area contributed by atoms with Gasteiger partial charge < -0.3 is 0 Å². The minimum absolute atomic E-state index is 0.0633. The lowest BCUT2D eigenvalue weighted by Gasteiger charge is -2.46. The van der Waals surface area contributed by atoms with Crippen molar-refractivity contribution in [3.05, 3.63) is 194 Å². The molecule has 0 aliphatic rings. The van der Waals surface area contributed by atoms with E-state index in [0.29, 0.717) is 18.7 Å². The number of rotatable bonds is 9. The van der Waals surface area contributed by atoms with E-state index in [2.05, 4.69) is 10.0 Å². The van der Waals surface area contributed by atoms with E-state index in [1.807, 2.05) is 42.7 Å². The summed E-state index contributed by atoms with van der Waals surface area (Å²) in [4.78, 5) is 14.7. The number of halogens is 24. The van der Waals surface area contributed by atoms with E-state index in [-0.39, 0.29) is 5.78 Å². The first kappa shape index (κ1) is 59.5. The van der Waals surface area contributed by atoms with Crippen molar-refractivity contribution in [2.24, 2.45) is 5.11 Å². The molecule has 0 aliphatic heterocycles. The number of azide groups is 1. The molecule has 0 fully saturated rings. The summed E-state index contributed by atoms with van der Waals surface area (Å²) in [5, 5.41) is 3.48. The van der Waals surface area contributed by atoms with Crippen molar-refractivity contribution in [3.63, 3.8) is 0 Å². The van der Waals surface area contributed by atoms with Crippen LogP contribution in [0.5, 0.6) is 0 Å². The Morgan fingerprint density at radius 2 is 0.658 bits per heavy atom. The summed E-state index contributed by atoms with van der Waals surface area (Å²) >= 11 is 0. The molecule has 6 aromatic rings. The van der Waals surface area contributed by atoms with Crippen molar-refractivity contribution >= 4 is 33.8 Å². The normalized spacial score (nSPS) is 13.2. The zero-order chi connectivity index (χ0) is 57.4. The van der Waals surface area contributed by atoms with Crippen molar-refractivity contribution in [2.75, 3.05) is 0 Å². The maximum Gasteiger partial charge on any atom is 0.416 e. The van der Waals surface area contributed by atoms with E-state index in [9.17, 15) is 110 Å². The zero-order valence-corrected chi connectivity index (χ0v) is 36.9. The standard InChI is InChI=1S/C32H12BF24.C14H13N4O/c34-25(35,36)13-1-14(26(37,38)39)6-21(5-13)33(22-7-15(27(40,41)42)2-16(8-22)28(43,44)45,23-9-17(29(46,47)48)3-18(10-23)30(49,50)51)24-11-19(31(52,53)54)4-20(12-24)32(55,56)57;15-17-16-10-12-6-8-18(9-7-12)11-14(19)13-4-2-1-3-5-13/h1-12H;1-9H,10-11H2/q-1;+1. The highest BCUT2D eigenvalue weighted by Crippen LogP contribution is 2.41. The number of aromatic nitrogens is 1. The molecule has 0 N–H and O–H groups in total. The third kappa shape index (κ3) is 14.1. The van der Waals surface area contributed by atoms with Crippen LogP contribution in [0.4, 0.5) is 105 Å². The van der Waals surface area contributed by atoms with Gasteiger partial charge in [-0.1, -0.05) is 84.0 Å². The van der Waals surface area contributed by atoms with Gasteiger partial charge in [0.15, 0.2) is 12.4 Å². The SMILES string of the molecule is FC(F)(F)c1cc([B-](c2cc(C(F)(F)F)cc(C(F)(F)F)c2)(c2cc(C(F)(F)F)cc(C(F)(F)F)c2)c2cc(C(F)(F)F)cc(C(F)(F)F)c2)cc(C(F)(F)F)c1.[N-]=[N+]=NCc1cc[n+](CC(=O)c2ccccc2)cc1. The molecule has 0 saturated heterocycles. The topological polar surface area (TPSA) is 69.7 Å². The Bertz CT molecular complexity index is 2670. The van der Waals surface area contributed by atoms with E-state index >= 15 is 0 Å². The lowest BCUT2D eigenvalue weighted by atomic mass is 9.12. The monoisotopic (exact) mass is 1120 g/mol. The Balaban J connectivity index is 0.000000468. The summed E-state index contributed by atoms with van der Waals surface area (Å²) in [5.74, 6) is 0.0633. The largest absolute Gasteiger partial charge is 0.416 e. The molecule has 0 spiro atoms. The lowest BCUT2D eigenvalue weighted by molar-refractivity contribution is -0.683. The van der Waals surface area contributed by atoms with Crippen molar-refractivity contribution in [1.29, 1.82) is 0 Å². The molecule has 1 aromatic heterocycles. The van der Waals surface area contributed by atoms with Crippen molar-refractivity contribution in [1.82, 2.24) is 0 Å². The van der Waals surface area contributed by atoms with Gasteiger partial charge in [-0.2, -0.15) is 132 Å². The first-order valence-electron chi connectivity index (χ1n) is 20.5. The molecule has 76 heavy (non-hydrogen) atoms. The Morgan fingerprint density at radius 1 is 0.408 bits per heavy atom. The van der Waals surface area contributed by atoms with Gasteiger partial charge in [-0.15, -0.1) is 0 Å². The molecule has 6 rings (SSSR count). The van der Waals surface area contributed by atoms with E-state index in [1.54, 1.807) is 16.7 Å². The number of nitrogens with zero attached hydrogens (tertiary/aromatic N) is 4. The van der Waals surface area contributed by atoms with Crippen LogP contribution < -0.4 is 26.4 Å². The van der Waals surface area contributed by atoms with Crippen LogP contribution in [0.15, 0.2) is 133 Å². The predicted octanol–water partition coefficient (Wildman–Crippen LogP) is 13.9. The predicted molar refractivity (Wildman–Crippen MR) is 220 cm³/mol. The number of Topliss-reactive ketones (excluding diaryl/α,β-unsaturated/α-hetero) is 1. The van der Waals surface area contributed by atoms with Gasteiger partial charge in [0, 0.05) is 22.6 Å². The number of hydrogen-bond donors (Lipinski definition) is 0. The van der Waals surface area contributed by atoms with Crippen LogP contribution in [0.2, 0.25) is 0 Å². The second-order valence-electron chi connectivity index (χ2n) is 16.3. The molecule has 406 valence electrons. The second kappa shape index (κ2) is 21.0.